The predicted octanol–water partition coefficient (Wildman–Crippen LogP) is 2.43. The van der Waals surface area contributed by atoms with Gasteiger partial charge in [-0.2, -0.15) is 9.81 Å². The summed E-state index contributed by atoms with van der Waals surface area (Å²) in [5.41, 5.74) is 11.1. The van der Waals surface area contributed by atoms with Crippen LogP contribution in [0.3, 0.4) is 0 Å². The molecule has 1 rings (SSSR count). The van der Waals surface area contributed by atoms with Gasteiger partial charge in [0.1, 0.15) is 12.1 Å². The molecule has 0 aromatic rings. The number of rotatable bonds is 20. The normalized spacial score (nSPS) is 22.1. The molecule has 40 heavy (non-hydrogen) atoms. The molecule has 1 fully saturated rings. The highest BCUT2D eigenvalue weighted by Crippen LogP contribution is 2.18. The van der Waals surface area contributed by atoms with E-state index in [-0.39, 0.29) is 42.0 Å². The fourth-order valence-corrected chi connectivity index (χ4v) is 4.76. The first-order valence-electron chi connectivity index (χ1n) is 14.9. The minimum absolute atomic E-state index is 0.00502. The van der Waals surface area contributed by atoms with E-state index >= 15 is 0 Å². The van der Waals surface area contributed by atoms with Gasteiger partial charge in [0.2, 0.25) is 11.8 Å². The largest absolute Gasteiger partial charge is 0.356 e. The molecule has 12 nitrogen and oxygen atoms in total. The number of amides is 2. The van der Waals surface area contributed by atoms with Gasteiger partial charge in [0.25, 0.3) is 0 Å². The Bertz CT molecular complexity index is 762. The summed E-state index contributed by atoms with van der Waals surface area (Å²) in [6, 6.07) is -0.748. The maximum absolute atomic E-state index is 12.4. The molecule has 12 heteroatoms. The number of nitrogens with one attached hydrogen (secondary N) is 4. The van der Waals surface area contributed by atoms with Crippen molar-refractivity contribution in [3.05, 3.63) is 9.81 Å². The van der Waals surface area contributed by atoms with Crippen LogP contribution in [0.15, 0.2) is 10.4 Å². The van der Waals surface area contributed by atoms with Gasteiger partial charge in [-0.05, 0) is 105 Å². The molecule has 1 saturated carbocycles. The van der Waals surface area contributed by atoms with E-state index in [1.165, 1.54) is 0 Å². The first-order valence-corrected chi connectivity index (χ1v) is 14.9. The quantitative estimate of drug-likeness (QED) is 0.120. The van der Waals surface area contributed by atoms with Gasteiger partial charge in [-0.1, -0.05) is 10.4 Å². The Hall–Kier alpha value is -2.02. The minimum Gasteiger partial charge on any atom is -0.356 e. The van der Waals surface area contributed by atoms with Crippen molar-refractivity contribution in [3.63, 3.8) is 0 Å². The highest BCUT2D eigenvalue weighted by molar-refractivity contribution is 5.79. The van der Waals surface area contributed by atoms with Gasteiger partial charge >= 0.3 is 0 Å². The van der Waals surface area contributed by atoms with Gasteiger partial charge in [0.15, 0.2) is 0 Å². The van der Waals surface area contributed by atoms with Crippen molar-refractivity contribution in [3.8, 4) is 0 Å². The van der Waals surface area contributed by atoms with Crippen molar-refractivity contribution in [1.29, 1.82) is 0 Å². The second-order valence-electron chi connectivity index (χ2n) is 12.7. The molecule has 3 unspecified atom stereocenters. The number of nitrogens with zero attached hydrogens (tertiary/aromatic N) is 2. The van der Waals surface area contributed by atoms with Crippen molar-refractivity contribution in [2.24, 2.45) is 27.7 Å². The van der Waals surface area contributed by atoms with E-state index in [1.54, 1.807) is 13.8 Å². The first-order chi connectivity index (χ1) is 18.7. The minimum atomic E-state index is -0.409. The van der Waals surface area contributed by atoms with E-state index in [1.807, 2.05) is 27.7 Å². The third-order valence-electron chi connectivity index (χ3n) is 8.67. The zero-order valence-corrected chi connectivity index (χ0v) is 25.6. The Kier molecular flexibility index (Phi) is 15.9. The fraction of sp³-hybridized carbons (Fsp3) is 0.929. The molecule has 0 aromatic carbocycles. The van der Waals surface area contributed by atoms with E-state index in [0.29, 0.717) is 51.2 Å². The average Bonchev–Trinajstić information content (AvgIpc) is 2.89. The Balaban J connectivity index is 2.45. The summed E-state index contributed by atoms with van der Waals surface area (Å²) in [7, 11) is 0. The Labute approximate surface area is 240 Å². The zero-order valence-electron chi connectivity index (χ0n) is 25.6. The number of hydrogen-bond acceptors (Lipinski definition) is 10. The summed E-state index contributed by atoms with van der Waals surface area (Å²) in [5.74, 6) is 0.198. The first kappa shape index (κ1) is 36.0. The van der Waals surface area contributed by atoms with Crippen LogP contribution in [0.25, 0.3) is 0 Å². The lowest BCUT2D eigenvalue weighted by atomic mass is 9.88. The van der Waals surface area contributed by atoms with Crippen LogP contribution in [-0.4, -0.2) is 72.7 Å². The lowest BCUT2D eigenvalue weighted by molar-refractivity contribution is -0.123. The summed E-state index contributed by atoms with van der Waals surface area (Å²) in [6.45, 7) is 13.4. The average molecular weight is 569 g/mol. The van der Waals surface area contributed by atoms with Gasteiger partial charge < -0.3 is 32.7 Å². The van der Waals surface area contributed by atoms with Gasteiger partial charge in [0.05, 0.1) is 0 Å². The lowest BCUT2D eigenvalue weighted by Gasteiger charge is -2.32. The molecular formula is C28H56N8O4. The molecule has 0 radical (unpaired) electrons. The molecular weight excluding hydrogens is 512 g/mol. The van der Waals surface area contributed by atoms with Crippen molar-refractivity contribution < 1.29 is 9.59 Å². The summed E-state index contributed by atoms with van der Waals surface area (Å²) < 4.78 is 0. The number of carbonyl (C=O) groups is 2. The lowest BCUT2D eigenvalue weighted by Crippen LogP contribution is -2.51. The SMILES string of the molecule is CC(N=O)C(C)(C)NCCC(CCNC(=O)CCCC(=O)NC1CC[C@@H](N)[C@@H](N)C1)CCNC(C)(C)C(C)N=O. The monoisotopic (exact) mass is 568 g/mol. The van der Waals surface area contributed by atoms with Crippen LogP contribution >= 0.6 is 0 Å². The fourth-order valence-electron chi connectivity index (χ4n) is 4.76. The van der Waals surface area contributed by atoms with Crippen molar-refractivity contribution in [2.75, 3.05) is 19.6 Å². The van der Waals surface area contributed by atoms with E-state index in [4.69, 9.17) is 11.5 Å². The topological polar surface area (TPSA) is 193 Å². The second-order valence-corrected chi connectivity index (χ2v) is 12.7. The Morgan fingerprint density at radius 1 is 0.800 bits per heavy atom. The van der Waals surface area contributed by atoms with Crippen LogP contribution in [0.4, 0.5) is 0 Å². The molecule has 2 amide bonds. The van der Waals surface area contributed by atoms with E-state index in [2.05, 4.69) is 31.6 Å². The molecule has 0 spiro atoms. The van der Waals surface area contributed by atoms with Crippen LogP contribution in [0, 0.1) is 15.7 Å². The molecule has 0 aromatic heterocycles. The predicted molar refractivity (Wildman–Crippen MR) is 161 cm³/mol. The molecule has 0 heterocycles. The van der Waals surface area contributed by atoms with Crippen molar-refractivity contribution in [1.82, 2.24) is 21.3 Å². The summed E-state index contributed by atoms with van der Waals surface area (Å²) >= 11 is 0. The molecule has 5 atom stereocenters. The van der Waals surface area contributed by atoms with Crippen LogP contribution in [0.2, 0.25) is 0 Å². The number of nitrogens with two attached hydrogens (primary N) is 2. The molecule has 0 bridgehead atoms. The number of hydrogen-bond donors (Lipinski definition) is 6. The summed E-state index contributed by atoms with van der Waals surface area (Å²) in [4.78, 5) is 46.7. The van der Waals surface area contributed by atoms with Crippen molar-refractivity contribution >= 4 is 11.8 Å². The molecule has 232 valence electrons. The second kappa shape index (κ2) is 17.7. The Morgan fingerprint density at radius 3 is 1.80 bits per heavy atom. The maximum atomic E-state index is 12.4. The Morgan fingerprint density at radius 2 is 1.30 bits per heavy atom. The van der Waals surface area contributed by atoms with Crippen LogP contribution < -0.4 is 32.7 Å². The standard InChI is InChI=1S/C28H56N8O4/c1-19(35-39)27(3,4)32-16-13-21(14-17-33-28(5,6)20(2)36-40)12-15-31-25(37)8-7-9-26(38)34-22-10-11-23(29)24(30)18-22/h19-24,32-33H,7-18,29-30H2,1-6H3,(H,31,37)(H,34,38)/t19?,20?,21?,22?,23-,24+/m1/s1. The van der Waals surface area contributed by atoms with Gasteiger partial charge in [-0.25, -0.2) is 0 Å². The van der Waals surface area contributed by atoms with Crippen molar-refractivity contribution in [2.45, 2.75) is 141 Å². The molecule has 1 aliphatic carbocycles. The van der Waals surface area contributed by atoms with E-state index in [9.17, 15) is 19.4 Å². The third-order valence-corrected chi connectivity index (χ3v) is 8.67. The highest BCUT2D eigenvalue weighted by atomic mass is 16.3. The van der Waals surface area contributed by atoms with Crippen LogP contribution in [0.5, 0.6) is 0 Å². The van der Waals surface area contributed by atoms with E-state index in [0.717, 1.165) is 32.1 Å². The maximum Gasteiger partial charge on any atom is 0.220 e. The number of carbonyl (C=O) groups excluding carboxylic acids is 2. The zero-order chi connectivity index (χ0) is 30.3. The van der Waals surface area contributed by atoms with Crippen LogP contribution in [0.1, 0.15) is 99.3 Å². The summed E-state index contributed by atoms with van der Waals surface area (Å²) in [5, 5.41) is 19.2. The number of nitroso groups, excluding NO2 is 2. The van der Waals surface area contributed by atoms with E-state index < -0.39 is 11.1 Å². The highest BCUT2D eigenvalue weighted by Gasteiger charge is 2.28. The molecule has 1 aliphatic rings. The third kappa shape index (κ3) is 13.6. The molecule has 0 aliphatic heterocycles. The van der Waals surface area contributed by atoms with Gasteiger partial charge in [-0.3, -0.25) is 9.59 Å². The van der Waals surface area contributed by atoms with Gasteiger partial charge in [0, 0.05) is 48.6 Å². The summed E-state index contributed by atoms with van der Waals surface area (Å²) in [6.07, 6.45) is 5.95. The molecule has 8 N–H and O–H groups in total. The molecule has 0 saturated heterocycles. The van der Waals surface area contributed by atoms with Gasteiger partial charge in [-0.15, -0.1) is 0 Å². The van der Waals surface area contributed by atoms with Crippen LogP contribution in [-0.2, 0) is 9.59 Å². The smallest absolute Gasteiger partial charge is 0.220 e.